The van der Waals surface area contributed by atoms with Crippen molar-refractivity contribution in [1.82, 2.24) is 0 Å². The zero-order valence-electron chi connectivity index (χ0n) is 4.92. The van der Waals surface area contributed by atoms with Crippen molar-refractivity contribution in [3.05, 3.63) is 6.42 Å². The van der Waals surface area contributed by atoms with Gasteiger partial charge < -0.3 is 9.84 Å². The van der Waals surface area contributed by atoms with E-state index in [1.165, 1.54) is 14.0 Å². The van der Waals surface area contributed by atoms with E-state index in [2.05, 4.69) is 4.74 Å². The van der Waals surface area contributed by atoms with Crippen LogP contribution in [0, 0.1) is 6.42 Å². The third-order valence-electron chi connectivity index (χ3n) is 0.578. The molecule has 0 rings (SSSR count). The van der Waals surface area contributed by atoms with Crippen molar-refractivity contribution >= 4 is 5.97 Å². The van der Waals surface area contributed by atoms with Crippen molar-refractivity contribution in [2.24, 2.45) is 0 Å². The number of ether oxygens (including phenoxy) is 1. The summed E-state index contributed by atoms with van der Waals surface area (Å²) in [6.45, 7) is 1.48. The molecule has 0 bridgehead atoms. The van der Waals surface area contributed by atoms with Gasteiger partial charge in [-0.15, -0.1) is 0 Å². The molecule has 1 radical (unpaired) electrons. The highest BCUT2D eigenvalue weighted by Gasteiger charge is 2.04. The molecule has 3 nitrogen and oxygen atoms in total. The minimum Gasteiger partial charge on any atom is -0.469 e. The first-order valence-electron chi connectivity index (χ1n) is 2.27. The summed E-state index contributed by atoms with van der Waals surface area (Å²) < 4.78 is 4.21. The molecule has 0 aliphatic carbocycles. The van der Waals surface area contributed by atoms with Gasteiger partial charge in [0.25, 0.3) is 0 Å². The van der Waals surface area contributed by atoms with Gasteiger partial charge in [0.05, 0.1) is 19.6 Å². The normalized spacial score (nSPS) is 12.9. The first-order valence-corrected chi connectivity index (χ1v) is 2.27. The minimum atomic E-state index is -0.720. The fourth-order valence-electron chi connectivity index (χ4n) is 0.265. The molecule has 47 valence electrons. The summed E-state index contributed by atoms with van der Waals surface area (Å²) in [6, 6.07) is 0. The lowest BCUT2D eigenvalue weighted by molar-refractivity contribution is -0.137. The highest BCUT2D eigenvalue weighted by atomic mass is 16.5. The minimum absolute atomic E-state index is 0.500. The highest BCUT2D eigenvalue weighted by Crippen LogP contribution is 1.87. The second kappa shape index (κ2) is 3.43. The fraction of sp³-hybridized carbons (Fsp3) is 0.600. The Balaban J connectivity index is 3.25. The molecule has 0 fully saturated rings. The predicted molar refractivity (Wildman–Crippen MR) is 28.0 cm³/mol. The van der Waals surface area contributed by atoms with Crippen molar-refractivity contribution in [2.45, 2.75) is 13.0 Å². The van der Waals surface area contributed by atoms with Crippen LogP contribution in [0.3, 0.4) is 0 Å². The molecule has 0 aromatic carbocycles. The predicted octanol–water partition coefficient (Wildman–Crippen LogP) is -0.256. The van der Waals surface area contributed by atoms with E-state index in [4.69, 9.17) is 5.11 Å². The lowest BCUT2D eigenvalue weighted by Gasteiger charge is -1.98. The van der Waals surface area contributed by atoms with Gasteiger partial charge in [-0.1, -0.05) is 0 Å². The number of carbonyl (C=O) groups excluding carboxylic acids is 1. The van der Waals surface area contributed by atoms with Crippen LogP contribution in [0.5, 0.6) is 0 Å². The average Bonchev–Trinajstić information content (AvgIpc) is 1.65. The molecule has 0 aromatic heterocycles. The molecule has 0 aromatic rings. The van der Waals surface area contributed by atoms with E-state index in [0.717, 1.165) is 6.42 Å². The number of esters is 1. The first-order chi connectivity index (χ1) is 3.66. The molecular weight excluding hydrogens is 108 g/mol. The molecule has 0 heterocycles. The smallest absolute Gasteiger partial charge is 0.312 e. The van der Waals surface area contributed by atoms with Crippen molar-refractivity contribution in [1.29, 1.82) is 0 Å². The van der Waals surface area contributed by atoms with Crippen LogP contribution in [0.15, 0.2) is 0 Å². The molecule has 0 aliphatic heterocycles. The lowest BCUT2D eigenvalue weighted by atomic mass is 10.3. The molecule has 0 saturated carbocycles. The maximum atomic E-state index is 10.2. The van der Waals surface area contributed by atoms with E-state index >= 15 is 0 Å². The Bertz CT molecular complexity index is 77.7. The Morgan fingerprint density at radius 2 is 2.38 bits per heavy atom. The van der Waals surface area contributed by atoms with Crippen LogP contribution >= 0.6 is 0 Å². The topological polar surface area (TPSA) is 46.5 Å². The SMILES string of the molecule is COC(=O)[CH]C(C)O. The van der Waals surface area contributed by atoms with Gasteiger partial charge in [-0.3, -0.25) is 4.79 Å². The second-order valence-corrected chi connectivity index (χ2v) is 1.43. The maximum Gasteiger partial charge on any atom is 0.312 e. The summed E-state index contributed by atoms with van der Waals surface area (Å²) in [5.74, 6) is -0.500. The second-order valence-electron chi connectivity index (χ2n) is 1.43. The van der Waals surface area contributed by atoms with Crippen molar-refractivity contribution in [3.63, 3.8) is 0 Å². The van der Waals surface area contributed by atoms with Gasteiger partial charge in [-0.05, 0) is 6.92 Å². The molecule has 3 heteroatoms. The molecule has 1 N–H and O–H groups in total. The summed E-state index contributed by atoms with van der Waals surface area (Å²) >= 11 is 0. The van der Waals surface area contributed by atoms with E-state index in [1.807, 2.05) is 0 Å². The van der Waals surface area contributed by atoms with E-state index in [1.54, 1.807) is 0 Å². The fourth-order valence-corrected chi connectivity index (χ4v) is 0.265. The van der Waals surface area contributed by atoms with Crippen LogP contribution in [0.1, 0.15) is 6.92 Å². The Kier molecular flexibility index (Phi) is 3.19. The highest BCUT2D eigenvalue weighted by molar-refractivity contribution is 5.79. The number of carbonyl (C=O) groups is 1. The van der Waals surface area contributed by atoms with Gasteiger partial charge in [0.15, 0.2) is 0 Å². The Morgan fingerprint density at radius 1 is 1.88 bits per heavy atom. The maximum absolute atomic E-state index is 10.2. The van der Waals surface area contributed by atoms with Crippen LogP contribution in [-0.2, 0) is 9.53 Å². The monoisotopic (exact) mass is 117 g/mol. The van der Waals surface area contributed by atoms with Crippen LogP contribution in [0.2, 0.25) is 0 Å². The van der Waals surface area contributed by atoms with E-state index < -0.39 is 12.1 Å². The Labute approximate surface area is 48.3 Å². The summed E-state index contributed by atoms with van der Waals surface area (Å²) in [5, 5.41) is 8.50. The molecule has 0 aliphatic rings. The number of hydrogen-bond acceptors (Lipinski definition) is 3. The molecule has 1 atom stereocenters. The molecule has 0 spiro atoms. The number of hydrogen-bond donors (Lipinski definition) is 1. The van der Waals surface area contributed by atoms with E-state index in [0.29, 0.717) is 0 Å². The number of aliphatic hydroxyl groups is 1. The summed E-state index contributed by atoms with van der Waals surface area (Å²) in [4.78, 5) is 10.2. The van der Waals surface area contributed by atoms with Gasteiger partial charge in [-0.25, -0.2) is 0 Å². The molecule has 0 saturated heterocycles. The van der Waals surface area contributed by atoms with E-state index in [-0.39, 0.29) is 0 Å². The third kappa shape index (κ3) is 3.61. The summed E-state index contributed by atoms with van der Waals surface area (Å²) in [6.07, 6.45) is 0.363. The number of aliphatic hydroxyl groups excluding tert-OH is 1. The van der Waals surface area contributed by atoms with Crippen LogP contribution in [0.25, 0.3) is 0 Å². The Hall–Kier alpha value is -0.570. The number of rotatable bonds is 2. The zero-order chi connectivity index (χ0) is 6.57. The Morgan fingerprint density at radius 3 is 2.50 bits per heavy atom. The van der Waals surface area contributed by atoms with Gasteiger partial charge >= 0.3 is 5.97 Å². The van der Waals surface area contributed by atoms with Crippen molar-refractivity contribution in [3.8, 4) is 0 Å². The van der Waals surface area contributed by atoms with Gasteiger partial charge in [0.1, 0.15) is 0 Å². The van der Waals surface area contributed by atoms with Crippen LogP contribution in [0.4, 0.5) is 0 Å². The molecule has 0 amide bonds. The van der Waals surface area contributed by atoms with Gasteiger partial charge in [0.2, 0.25) is 0 Å². The van der Waals surface area contributed by atoms with Gasteiger partial charge in [0, 0.05) is 0 Å². The van der Waals surface area contributed by atoms with Crippen LogP contribution < -0.4 is 0 Å². The lowest BCUT2D eigenvalue weighted by Crippen LogP contribution is -2.11. The summed E-state index contributed by atoms with van der Waals surface area (Å²) in [7, 11) is 1.27. The van der Waals surface area contributed by atoms with Crippen LogP contribution in [-0.4, -0.2) is 24.3 Å². The van der Waals surface area contributed by atoms with Crippen molar-refractivity contribution < 1.29 is 14.6 Å². The summed E-state index contributed by atoms with van der Waals surface area (Å²) in [5.41, 5.74) is 0. The average molecular weight is 117 g/mol. The molecular formula is C5H9O3. The largest absolute Gasteiger partial charge is 0.469 e. The third-order valence-corrected chi connectivity index (χ3v) is 0.578. The molecule has 1 unspecified atom stereocenters. The quantitative estimate of drug-likeness (QED) is 0.507. The zero-order valence-corrected chi connectivity index (χ0v) is 4.92. The standard InChI is InChI=1S/C5H9O3/c1-4(6)3-5(7)8-2/h3-4,6H,1-2H3. The molecule has 8 heavy (non-hydrogen) atoms. The van der Waals surface area contributed by atoms with E-state index in [9.17, 15) is 4.79 Å². The number of methoxy groups -OCH3 is 1. The first kappa shape index (κ1) is 7.43. The van der Waals surface area contributed by atoms with Crippen molar-refractivity contribution in [2.75, 3.05) is 7.11 Å². The van der Waals surface area contributed by atoms with Gasteiger partial charge in [-0.2, -0.15) is 0 Å².